The van der Waals surface area contributed by atoms with Crippen LogP contribution in [0.25, 0.3) is 0 Å². The number of Topliss-reactive ketones (excluding diaryl/α,β-unsaturated/α-hetero) is 1. The lowest BCUT2D eigenvalue weighted by molar-refractivity contribution is -0.122. The van der Waals surface area contributed by atoms with E-state index in [-0.39, 0.29) is 18.3 Å². The molecule has 0 amide bonds. The van der Waals surface area contributed by atoms with Crippen molar-refractivity contribution in [1.29, 1.82) is 0 Å². The van der Waals surface area contributed by atoms with Gasteiger partial charge in [-0.3, -0.25) is 4.79 Å². The highest BCUT2D eigenvalue weighted by Crippen LogP contribution is 2.24. The Hall–Kier alpha value is -0.410. The van der Waals surface area contributed by atoms with E-state index >= 15 is 0 Å². The summed E-state index contributed by atoms with van der Waals surface area (Å²) in [5.41, 5.74) is 0. The molecule has 1 fully saturated rings. The second-order valence-electron chi connectivity index (χ2n) is 3.13. The molecule has 0 spiro atoms. The van der Waals surface area contributed by atoms with E-state index < -0.39 is 6.10 Å². The highest BCUT2D eigenvalue weighted by Gasteiger charge is 2.24. The zero-order valence-electron chi connectivity index (χ0n) is 6.49. The number of aliphatic hydroxyl groups is 2. The number of rotatable bonds is 2. The first-order chi connectivity index (χ1) is 5.24. The van der Waals surface area contributed by atoms with Crippen LogP contribution in [0, 0.1) is 5.92 Å². The summed E-state index contributed by atoms with van der Waals surface area (Å²) in [7, 11) is 0. The Kier molecular flexibility index (Phi) is 3.02. The van der Waals surface area contributed by atoms with E-state index in [0.29, 0.717) is 12.8 Å². The molecule has 0 aromatic rings. The van der Waals surface area contributed by atoms with Crippen molar-refractivity contribution in [2.24, 2.45) is 5.92 Å². The molecule has 3 heteroatoms. The average molecular weight is 158 g/mol. The minimum atomic E-state index is -0.622. The van der Waals surface area contributed by atoms with Crippen molar-refractivity contribution in [3.05, 3.63) is 0 Å². The van der Waals surface area contributed by atoms with Crippen LogP contribution < -0.4 is 0 Å². The molecular formula is C8H14O3. The highest BCUT2D eigenvalue weighted by atomic mass is 16.3. The number of aliphatic hydroxyl groups excluding tert-OH is 2. The van der Waals surface area contributed by atoms with Crippen LogP contribution in [-0.2, 0) is 4.79 Å². The molecule has 3 nitrogen and oxygen atoms in total. The Morgan fingerprint density at radius 2 is 2.00 bits per heavy atom. The van der Waals surface area contributed by atoms with Crippen LogP contribution in [0.4, 0.5) is 0 Å². The number of ketones is 1. The highest BCUT2D eigenvalue weighted by molar-refractivity contribution is 5.79. The minimum absolute atomic E-state index is 0.137. The van der Waals surface area contributed by atoms with Crippen molar-refractivity contribution in [2.75, 3.05) is 6.61 Å². The maximum Gasteiger partial charge on any atom is 0.132 e. The molecule has 0 aliphatic heterocycles. The van der Waals surface area contributed by atoms with Gasteiger partial charge in [0, 0.05) is 12.8 Å². The van der Waals surface area contributed by atoms with Crippen molar-refractivity contribution in [3.63, 3.8) is 0 Å². The summed E-state index contributed by atoms with van der Waals surface area (Å²) < 4.78 is 0. The Bertz CT molecular complexity index is 134. The second kappa shape index (κ2) is 3.83. The third-order valence-corrected chi connectivity index (χ3v) is 2.32. The molecule has 64 valence electrons. The van der Waals surface area contributed by atoms with Crippen LogP contribution >= 0.6 is 0 Å². The number of carbonyl (C=O) groups is 1. The van der Waals surface area contributed by atoms with Gasteiger partial charge in [-0.05, 0) is 18.8 Å². The summed E-state index contributed by atoms with van der Waals surface area (Å²) in [6.45, 7) is -0.182. The predicted molar refractivity (Wildman–Crippen MR) is 40.1 cm³/mol. The smallest absolute Gasteiger partial charge is 0.132 e. The third kappa shape index (κ3) is 2.27. The van der Waals surface area contributed by atoms with Gasteiger partial charge >= 0.3 is 0 Å². The molecule has 0 radical (unpaired) electrons. The molecule has 11 heavy (non-hydrogen) atoms. The zero-order chi connectivity index (χ0) is 8.27. The van der Waals surface area contributed by atoms with E-state index in [2.05, 4.69) is 0 Å². The molecule has 1 unspecified atom stereocenters. The lowest BCUT2D eigenvalue weighted by Crippen LogP contribution is -2.28. The van der Waals surface area contributed by atoms with Gasteiger partial charge in [-0.1, -0.05) is 0 Å². The summed E-state index contributed by atoms with van der Waals surface area (Å²) in [6.07, 6.45) is 1.99. The molecule has 1 atom stereocenters. The summed E-state index contributed by atoms with van der Waals surface area (Å²) in [4.78, 5) is 10.8. The fraction of sp³-hybridized carbons (Fsp3) is 0.875. The van der Waals surface area contributed by atoms with E-state index in [1.807, 2.05) is 0 Å². The molecule has 0 heterocycles. The standard InChI is InChI=1S/C8H14O3/c9-5-8(11)6-1-3-7(10)4-2-6/h6,8-9,11H,1-5H2. The van der Waals surface area contributed by atoms with E-state index in [1.165, 1.54) is 0 Å². The van der Waals surface area contributed by atoms with Gasteiger partial charge in [-0.25, -0.2) is 0 Å². The quantitative estimate of drug-likeness (QED) is 0.599. The van der Waals surface area contributed by atoms with Gasteiger partial charge in [-0.15, -0.1) is 0 Å². The molecule has 1 saturated carbocycles. The predicted octanol–water partition coefficient (Wildman–Crippen LogP) is 0.0989. The third-order valence-electron chi connectivity index (χ3n) is 2.32. The molecule has 1 aliphatic carbocycles. The minimum Gasteiger partial charge on any atom is -0.394 e. The van der Waals surface area contributed by atoms with Gasteiger partial charge < -0.3 is 10.2 Å². The van der Waals surface area contributed by atoms with Gasteiger partial charge in [0.2, 0.25) is 0 Å². The van der Waals surface area contributed by atoms with Crippen LogP contribution in [-0.4, -0.2) is 28.7 Å². The first-order valence-electron chi connectivity index (χ1n) is 4.04. The number of carbonyl (C=O) groups excluding carboxylic acids is 1. The summed E-state index contributed by atoms with van der Waals surface area (Å²) in [6, 6.07) is 0. The fourth-order valence-corrected chi connectivity index (χ4v) is 1.50. The molecule has 0 aromatic heterocycles. The second-order valence-corrected chi connectivity index (χ2v) is 3.13. The van der Waals surface area contributed by atoms with Crippen molar-refractivity contribution in [1.82, 2.24) is 0 Å². The van der Waals surface area contributed by atoms with E-state index in [1.54, 1.807) is 0 Å². The Morgan fingerprint density at radius 3 is 2.45 bits per heavy atom. The summed E-state index contributed by atoms with van der Waals surface area (Å²) in [5.74, 6) is 0.420. The van der Waals surface area contributed by atoms with Crippen LogP contribution in [0.5, 0.6) is 0 Å². The van der Waals surface area contributed by atoms with E-state index in [0.717, 1.165) is 12.8 Å². The van der Waals surface area contributed by atoms with Crippen LogP contribution in [0.2, 0.25) is 0 Å². The van der Waals surface area contributed by atoms with Crippen molar-refractivity contribution < 1.29 is 15.0 Å². The van der Waals surface area contributed by atoms with Gasteiger partial charge in [0.05, 0.1) is 12.7 Å². The number of hydrogen-bond donors (Lipinski definition) is 2. The SMILES string of the molecule is O=C1CCC(C(O)CO)CC1. The summed E-state index contributed by atoms with van der Waals surface area (Å²) >= 11 is 0. The van der Waals surface area contributed by atoms with Gasteiger partial charge in [-0.2, -0.15) is 0 Å². The molecule has 2 N–H and O–H groups in total. The van der Waals surface area contributed by atoms with Gasteiger partial charge in [0.15, 0.2) is 0 Å². The average Bonchev–Trinajstić information content (AvgIpc) is 2.05. The van der Waals surface area contributed by atoms with Crippen molar-refractivity contribution in [3.8, 4) is 0 Å². The molecule has 0 aromatic carbocycles. The van der Waals surface area contributed by atoms with Crippen molar-refractivity contribution >= 4 is 5.78 Å². The van der Waals surface area contributed by atoms with Crippen LogP contribution in [0.15, 0.2) is 0 Å². The first kappa shape index (κ1) is 8.68. The summed E-state index contributed by atoms with van der Waals surface area (Å²) in [5, 5.41) is 17.8. The van der Waals surface area contributed by atoms with Crippen molar-refractivity contribution in [2.45, 2.75) is 31.8 Å². The first-order valence-corrected chi connectivity index (χ1v) is 4.04. The normalized spacial score (nSPS) is 23.6. The lowest BCUT2D eigenvalue weighted by Gasteiger charge is -2.24. The maximum atomic E-state index is 10.8. The molecule has 1 aliphatic rings. The Balaban J connectivity index is 2.32. The fourth-order valence-electron chi connectivity index (χ4n) is 1.50. The maximum absolute atomic E-state index is 10.8. The lowest BCUT2D eigenvalue weighted by atomic mass is 9.85. The molecule has 0 bridgehead atoms. The van der Waals surface area contributed by atoms with Crippen LogP contribution in [0.1, 0.15) is 25.7 Å². The van der Waals surface area contributed by atoms with E-state index in [4.69, 9.17) is 5.11 Å². The van der Waals surface area contributed by atoms with E-state index in [9.17, 15) is 9.90 Å². The monoisotopic (exact) mass is 158 g/mol. The topological polar surface area (TPSA) is 57.5 Å². The number of hydrogen-bond acceptors (Lipinski definition) is 3. The zero-order valence-corrected chi connectivity index (χ0v) is 6.49. The largest absolute Gasteiger partial charge is 0.394 e. The van der Waals surface area contributed by atoms with Gasteiger partial charge in [0.25, 0.3) is 0 Å². The molecule has 0 saturated heterocycles. The Morgan fingerprint density at radius 1 is 1.45 bits per heavy atom. The molecular weight excluding hydrogens is 144 g/mol. The van der Waals surface area contributed by atoms with Crippen LogP contribution in [0.3, 0.4) is 0 Å². The van der Waals surface area contributed by atoms with Gasteiger partial charge in [0.1, 0.15) is 5.78 Å². The molecule has 1 rings (SSSR count). The Labute approximate surface area is 66.0 Å².